The summed E-state index contributed by atoms with van der Waals surface area (Å²) in [7, 11) is -3.77. The van der Waals surface area contributed by atoms with E-state index in [0.717, 1.165) is 0 Å². The van der Waals surface area contributed by atoms with Gasteiger partial charge in [-0.05, 0) is 36.4 Å². The second-order valence-electron chi connectivity index (χ2n) is 4.94. The van der Waals surface area contributed by atoms with Gasteiger partial charge in [-0.25, -0.2) is 13.6 Å². The fourth-order valence-electron chi connectivity index (χ4n) is 2.25. The number of benzene rings is 2. The predicted molar refractivity (Wildman–Crippen MR) is 88.5 cm³/mol. The Morgan fingerprint density at radius 2 is 1.83 bits per heavy atom. The number of hydrazone groups is 1. The van der Waals surface area contributed by atoms with Crippen molar-refractivity contribution in [3.05, 3.63) is 48.0 Å². The Morgan fingerprint density at radius 3 is 2.46 bits per heavy atom. The molecule has 2 aromatic carbocycles. The first-order valence-corrected chi connectivity index (χ1v) is 8.26. The van der Waals surface area contributed by atoms with E-state index in [9.17, 15) is 13.2 Å². The summed E-state index contributed by atoms with van der Waals surface area (Å²) in [5.74, 6) is -0.429. The topological polar surface area (TPSA) is 146 Å². The molecule has 1 aliphatic rings. The Labute approximate surface area is 137 Å². The molecule has 0 fully saturated rings. The molecular formula is C14H13N5O4S. The number of hydrogen-bond acceptors (Lipinski definition) is 7. The summed E-state index contributed by atoms with van der Waals surface area (Å²) in [6.45, 7) is 0. The lowest BCUT2D eigenvalue weighted by Crippen LogP contribution is -2.16. The van der Waals surface area contributed by atoms with Gasteiger partial charge in [-0.1, -0.05) is 6.07 Å². The van der Waals surface area contributed by atoms with Crippen LogP contribution < -0.4 is 21.4 Å². The summed E-state index contributed by atoms with van der Waals surface area (Å²) in [6, 6.07) is 10.5. The molecule has 1 aliphatic heterocycles. The van der Waals surface area contributed by atoms with E-state index >= 15 is 0 Å². The van der Waals surface area contributed by atoms with Gasteiger partial charge in [0.2, 0.25) is 10.0 Å². The molecule has 0 saturated carbocycles. The number of fused-ring (bicyclic) bond motifs is 1. The molecule has 1 amide bonds. The Balaban J connectivity index is 1.90. The van der Waals surface area contributed by atoms with Gasteiger partial charge in [-0.2, -0.15) is 5.10 Å². The number of primary sulfonamides is 1. The normalized spacial score (nSPS) is 15.1. The lowest BCUT2D eigenvalue weighted by atomic mass is 10.1. The van der Waals surface area contributed by atoms with Crippen molar-refractivity contribution in [1.82, 2.24) is 0 Å². The average Bonchev–Trinajstić information content (AvgIpc) is 2.87. The highest BCUT2D eigenvalue weighted by Gasteiger charge is 2.28. The van der Waals surface area contributed by atoms with Gasteiger partial charge in [0, 0.05) is 0 Å². The minimum absolute atomic E-state index is 0.0311. The highest BCUT2D eigenvalue weighted by molar-refractivity contribution is 7.89. The fraction of sp³-hybridized carbons (Fsp3) is 0. The Kier molecular flexibility index (Phi) is 3.93. The van der Waals surface area contributed by atoms with Gasteiger partial charge >= 0.3 is 0 Å². The lowest BCUT2D eigenvalue weighted by molar-refractivity contribution is -0.110. The first kappa shape index (κ1) is 15.9. The number of sulfonamides is 1. The number of carbonyl (C=O) groups is 1. The Morgan fingerprint density at radius 1 is 1.12 bits per heavy atom. The Hall–Kier alpha value is -2.95. The molecule has 124 valence electrons. The van der Waals surface area contributed by atoms with Crippen molar-refractivity contribution in [3.63, 3.8) is 0 Å². The fourth-order valence-corrected chi connectivity index (χ4v) is 2.76. The van der Waals surface area contributed by atoms with E-state index in [1.807, 2.05) is 5.48 Å². The molecule has 1 heterocycles. The summed E-state index contributed by atoms with van der Waals surface area (Å²) >= 11 is 0. The molecule has 9 nitrogen and oxygen atoms in total. The third-order valence-electron chi connectivity index (χ3n) is 3.36. The molecule has 0 atom stereocenters. The first-order chi connectivity index (χ1) is 11.4. The van der Waals surface area contributed by atoms with Crippen molar-refractivity contribution in [1.29, 1.82) is 0 Å². The molecule has 0 radical (unpaired) electrons. The van der Waals surface area contributed by atoms with Gasteiger partial charge in [0.1, 0.15) is 0 Å². The number of hydrogen-bond donors (Lipinski definition) is 5. The molecule has 0 aliphatic carbocycles. The highest BCUT2D eigenvalue weighted by atomic mass is 32.2. The van der Waals surface area contributed by atoms with Crippen LogP contribution in [0.5, 0.6) is 0 Å². The minimum atomic E-state index is -3.77. The summed E-state index contributed by atoms with van der Waals surface area (Å²) in [5.41, 5.74) is 6.51. The van der Waals surface area contributed by atoms with Crippen LogP contribution in [0.3, 0.4) is 0 Å². The van der Waals surface area contributed by atoms with Crippen LogP contribution in [0.2, 0.25) is 0 Å². The Bertz CT molecular complexity index is 938. The van der Waals surface area contributed by atoms with Crippen molar-refractivity contribution < 1.29 is 18.4 Å². The SMILES string of the molecule is NS(=O)(=O)c1ccc(N/N=C2\C(=O)Nc3cccc(NO)c32)cc1. The predicted octanol–water partition coefficient (Wildman–Crippen LogP) is 0.903. The molecule has 0 bridgehead atoms. The lowest BCUT2D eigenvalue weighted by Gasteiger charge is -2.06. The molecule has 10 heteroatoms. The van der Waals surface area contributed by atoms with E-state index in [1.165, 1.54) is 24.3 Å². The van der Waals surface area contributed by atoms with Gasteiger partial charge in [0.15, 0.2) is 5.71 Å². The summed E-state index contributed by atoms with van der Waals surface area (Å²) in [6.07, 6.45) is 0. The zero-order chi connectivity index (χ0) is 17.3. The molecule has 0 unspecified atom stereocenters. The summed E-state index contributed by atoms with van der Waals surface area (Å²) < 4.78 is 22.4. The third-order valence-corrected chi connectivity index (χ3v) is 4.29. The van der Waals surface area contributed by atoms with Crippen LogP contribution in [-0.4, -0.2) is 25.2 Å². The van der Waals surface area contributed by atoms with E-state index in [4.69, 9.17) is 10.3 Å². The monoisotopic (exact) mass is 347 g/mol. The largest absolute Gasteiger partial charge is 0.320 e. The smallest absolute Gasteiger partial charge is 0.276 e. The highest BCUT2D eigenvalue weighted by Crippen LogP contribution is 2.30. The number of nitrogens with one attached hydrogen (secondary N) is 3. The van der Waals surface area contributed by atoms with Gasteiger partial charge < -0.3 is 5.32 Å². The average molecular weight is 347 g/mol. The van der Waals surface area contributed by atoms with Crippen LogP contribution in [0.1, 0.15) is 5.56 Å². The zero-order valence-electron chi connectivity index (χ0n) is 12.1. The molecular weight excluding hydrogens is 334 g/mol. The number of nitrogens with zero attached hydrogens (tertiary/aromatic N) is 1. The van der Waals surface area contributed by atoms with Crippen LogP contribution in [0, 0.1) is 0 Å². The number of rotatable bonds is 4. The number of nitrogens with two attached hydrogens (primary N) is 1. The molecule has 3 rings (SSSR count). The van der Waals surface area contributed by atoms with Gasteiger partial charge in [-0.15, -0.1) is 0 Å². The molecule has 2 aromatic rings. The first-order valence-electron chi connectivity index (χ1n) is 6.71. The van der Waals surface area contributed by atoms with Crippen LogP contribution >= 0.6 is 0 Å². The van der Waals surface area contributed by atoms with Crippen molar-refractivity contribution in [2.24, 2.45) is 10.2 Å². The van der Waals surface area contributed by atoms with Crippen LogP contribution in [-0.2, 0) is 14.8 Å². The van der Waals surface area contributed by atoms with Crippen molar-refractivity contribution in [2.45, 2.75) is 4.90 Å². The van der Waals surface area contributed by atoms with E-state index < -0.39 is 15.9 Å². The summed E-state index contributed by atoms with van der Waals surface area (Å²) in [4.78, 5) is 12.0. The standard InChI is InChI=1S/C14H13N5O4S/c15-24(22,23)9-6-4-8(5-7-9)17-18-13-12-10(16-14(13)20)2-1-3-11(12)19-21/h1-7,17,19,21H,(H2,15,22,23)(H,16,18,20). The van der Waals surface area contributed by atoms with Crippen molar-refractivity contribution in [2.75, 3.05) is 16.2 Å². The molecule has 0 spiro atoms. The maximum Gasteiger partial charge on any atom is 0.276 e. The minimum Gasteiger partial charge on any atom is -0.320 e. The van der Waals surface area contributed by atoms with Crippen LogP contribution in [0.4, 0.5) is 17.1 Å². The molecule has 6 N–H and O–H groups in total. The third kappa shape index (κ3) is 2.93. The molecule has 0 aromatic heterocycles. The van der Waals surface area contributed by atoms with E-state index in [1.54, 1.807) is 18.2 Å². The van der Waals surface area contributed by atoms with Gasteiger partial charge in [-0.3, -0.25) is 20.9 Å². The van der Waals surface area contributed by atoms with Crippen LogP contribution in [0.25, 0.3) is 0 Å². The molecule has 24 heavy (non-hydrogen) atoms. The summed E-state index contributed by atoms with van der Waals surface area (Å²) in [5, 5.41) is 20.9. The van der Waals surface area contributed by atoms with E-state index in [2.05, 4.69) is 15.8 Å². The number of anilines is 3. The van der Waals surface area contributed by atoms with Gasteiger partial charge in [0.05, 0.1) is 27.5 Å². The van der Waals surface area contributed by atoms with Crippen molar-refractivity contribution in [3.8, 4) is 0 Å². The molecule has 0 saturated heterocycles. The number of amides is 1. The maximum absolute atomic E-state index is 12.0. The van der Waals surface area contributed by atoms with Crippen molar-refractivity contribution >= 4 is 38.7 Å². The quantitative estimate of drug-likeness (QED) is 0.519. The second-order valence-corrected chi connectivity index (χ2v) is 6.50. The zero-order valence-corrected chi connectivity index (χ0v) is 13.0. The van der Waals surface area contributed by atoms with Crippen LogP contribution in [0.15, 0.2) is 52.5 Å². The second kappa shape index (κ2) is 5.92. The maximum atomic E-state index is 12.0. The number of carbonyl (C=O) groups excluding carboxylic acids is 1. The van der Waals surface area contributed by atoms with E-state index in [0.29, 0.717) is 22.6 Å². The van der Waals surface area contributed by atoms with Gasteiger partial charge in [0.25, 0.3) is 5.91 Å². The van der Waals surface area contributed by atoms with E-state index in [-0.39, 0.29) is 10.6 Å².